The van der Waals surface area contributed by atoms with Gasteiger partial charge in [0.25, 0.3) is 0 Å². The van der Waals surface area contributed by atoms with Gasteiger partial charge >= 0.3 is 5.69 Å². The number of aromatic nitrogens is 2. The van der Waals surface area contributed by atoms with E-state index in [1.807, 2.05) is 29.2 Å². The maximum atomic E-state index is 16.4. The molecule has 67 heavy (non-hydrogen) atoms. The molecule has 5 heterocycles. The zero-order valence-electron chi connectivity index (χ0n) is 37.8. The number of aryl methyl sites for hydroxylation is 1. The fourth-order valence-electron chi connectivity index (χ4n) is 12.8. The third kappa shape index (κ3) is 7.68. The van der Waals surface area contributed by atoms with Crippen LogP contribution in [0, 0.1) is 11.7 Å². The zero-order chi connectivity index (χ0) is 46.9. The van der Waals surface area contributed by atoms with E-state index in [1.165, 1.54) is 10.6 Å². The van der Waals surface area contributed by atoms with Crippen molar-refractivity contribution in [1.29, 1.82) is 0 Å². The van der Waals surface area contributed by atoms with Crippen molar-refractivity contribution < 1.29 is 28.4 Å². The molecule has 2 spiro atoms. The fraction of sp³-hybridized carbons (Fsp3) is 0.520. The Morgan fingerprint density at radius 1 is 0.896 bits per heavy atom. The van der Waals surface area contributed by atoms with Crippen molar-refractivity contribution in [1.82, 2.24) is 34.9 Å². The van der Waals surface area contributed by atoms with Gasteiger partial charge in [0, 0.05) is 79.8 Å². The number of rotatable bonds is 8. The summed E-state index contributed by atoms with van der Waals surface area (Å²) in [6.45, 7) is 4.87. The number of imidazole rings is 1. The Labute approximate surface area is 398 Å². The van der Waals surface area contributed by atoms with Crippen LogP contribution in [0.2, 0.25) is 10.0 Å². The van der Waals surface area contributed by atoms with Crippen molar-refractivity contribution in [2.75, 3.05) is 31.5 Å². The Bertz CT molecular complexity index is 2740. The quantitative estimate of drug-likeness (QED) is 0.160. The van der Waals surface area contributed by atoms with Crippen LogP contribution in [0.1, 0.15) is 106 Å². The van der Waals surface area contributed by atoms with Gasteiger partial charge in [-0.25, -0.2) is 9.18 Å². The van der Waals surface area contributed by atoms with Gasteiger partial charge in [-0.2, -0.15) is 0 Å². The maximum Gasteiger partial charge on any atom is 0.329 e. The number of piperidine rings is 1. The van der Waals surface area contributed by atoms with Crippen molar-refractivity contribution in [2.24, 2.45) is 13.0 Å². The molecule has 5 atom stereocenters. The number of nitrogens with zero attached hydrogens (tertiary/aromatic N) is 4. The highest BCUT2D eigenvalue weighted by Gasteiger charge is 2.72. The van der Waals surface area contributed by atoms with Crippen LogP contribution in [0.5, 0.6) is 0 Å². The van der Waals surface area contributed by atoms with Crippen molar-refractivity contribution >= 4 is 69.5 Å². The summed E-state index contributed by atoms with van der Waals surface area (Å²) in [5.41, 5.74) is 1.51. The molecule has 10 rings (SSSR count). The normalized spacial score (nSPS) is 28.5. The molecule has 354 valence electrons. The molecule has 0 radical (unpaired) electrons. The lowest BCUT2D eigenvalue weighted by atomic mass is 9.55. The highest BCUT2D eigenvalue weighted by molar-refractivity contribution is 6.31. The minimum absolute atomic E-state index is 0.0736. The number of amides is 5. The lowest BCUT2D eigenvalue weighted by molar-refractivity contribution is -0.140. The average molecular weight is 956 g/mol. The van der Waals surface area contributed by atoms with Crippen LogP contribution in [-0.2, 0) is 42.9 Å². The smallest absolute Gasteiger partial charge is 0.329 e. The van der Waals surface area contributed by atoms with E-state index in [2.05, 4.69) is 33.1 Å². The molecule has 14 nitrogen and oxygen atoms in total. The molecule has 5 fully saturated rings. The van der Waals surface area contributed by atoms with Crippen LogP contribution in [0.25, 0.3) is 11.0 Å². The number of benzene rings is 3. The molecule has 4 aromatic rings. The van der Waals surface area contributed by atoms with Gasteiger partial charge in [0.1, 0.15) is 17.3 Å². The first-order chi connectivity index (χ1) is 32.2. The van der Waals surface area contributed by atoms with Crippen LogP contribution in [-0.4, -0.2) is 98.3 Å². The standard InChI is InChI=1S/C50H57Cl2FN8O6/c1-28-27-60(24-23-59(28)22-19-29-9-16-37-39(25-29)58(2)48(67)61(37)38-17-18-40(62)56-44(38)63)46(65)30-10-13-32(14-11-30)54-45(64)43-41(33-7-6-8-35(52)42(33)53)50(49(57-43)20-4-3-5-21-49)34-15-12-31(51)26-36(34)55-47(50)66/h6-9,12,15-16,25-26,28,30,32,38,41,43,57H,3-5,10-11,13-14,17-24,27H2,1-2H3,(H,54,64)(H,55,66)(H,56,62,63)/t28-,30?,32?,38?,41-,43+,50+/m0/s1. The van der Waals surface area contributed by atoms with E-state index in [-0.39, 0.29) is 70.7 Å². The number of fused-ring (bicyclic) bond motifs is 4. The van der Waals surface area contributed by atoms with Crippen LogP contribution < -0.4 is 27.0 Å². The number of carbonyl (C=O) groups excluding carboxylic acids is 5. The first-order valence-corrected chi connectivity index (χ1v) is 24.7. The summed E-state index contributed by atoms with van der Waals surface area (Å²) < 4.78 is 19.4. The monoisotopic (exact) mass is 954 g/mol. The number of halogens is 3. The number of hydrogen-bond acceptors (Lipinski definition) is 8. The summed E-state index contributed by atoms with van der Waals surface area (Å²) in [6.07, 6.45) is 7.66. The van der Waals surface area contributed by atoms with E-state index in [4.69, 9.17) is 23.2 Å². The van der Waals surface area contributed by atoms with Crippen LogP contribution in [0.15, 0.2) is 59.4 Å². The highest BCUT2D eigenvalue weighted by Crippen LogP contribution is 2.63. The molecule has 6 aliphatic rings. The van der Waals surface area contributed by atoms with Crippen molar-refractivity contribution in [3.05, 3.63) is 97.6 Å². The largest absolute Gasteiger partial charge is 0.352 e. The number of hydrogen-bond donors (Lipinski definition) is 4. The summed E-state index contributed by atoms with van der Waals surface area (Å²) in [6, 6.07) is 14.3. The van der Waals surface area contributed by atoms with Gasteiger partial charge in [-0.1, -0.05) is 66.7 Å². The molecule has 17 heteroatoms. The first-order valence-electron chi connectivity index (χ1n) is 23.9. The van der Waals surface area contributed by atoms with Crippen molar-refractivity contribution in [2.45, 2.75) is 125 Å². The number of carbonyl (C=O) groups is 5. The van der Waals surface area contributed by atoms with Gasteiger partial charge in [0.05, 0.1) is 22.1 Å². The number of imide groups is 1. The topological polar surface area (TPSA) is 167 Å². The van der Waals surface area contributed by atoms with Crippen LogP contribution >= 0.6 is 23.2 Å². The van der Waals surface area contributed by atoms with Crippen molar-refractivity contribution in [3.63, 3.8) is 0 Å². The molecule has 4 aliphatic heterocycles. The molecule has 2 saturated carbocycles. The highest BCUT2D eigenvalue weighted by atomic mass is 35.5. The molecule has 4 N–H and O–H groups in total. The molecule has 2 aliphatic carbocycles. The minimum Gasteiger partial charge on any atom is -0.352 e. The second-order valence-corrected chi connectivity index (χ2v) is 20.7. The van der Waals surface area contributed by atoms with E-state index < -0.39 is 40.7 Å². The van der Waals surface area contributed by atoms with Gasteiger partial charge in [-0.3, -0.25) is 48.6 Å². The second-order valence-electron chi connectivity index (χ2n) is 19.8. The summed E-state index contributed by atoms with van der Waals surface area (Å²) in [5.74, 6) is -2.93. The van der Waals surface area contributed by atoms with E-state index in [0.29, 0.717) is 73.4 Å². The number of anilines is 1. The second kappa shape index (κ2) is 17.8. The number of piperazine rings is 1. The maximum absolute atomic E-state index is 16.4. The molecular weight excluding hydrogens is 899 g/mol. The van der Waals surface area contributed by atoms with E-state index in [1.54, 1.807) is 35.9 Å². The third-order valence-corrected chi connectivity index (χ3v) is 16.7. The minimum atomic E-state index is -1.31. The Balaban J connectivity index is 0.780. The van der Waals surface area contributed by atoms with E-state index in [9.17, 15) is 28.8 Å². The Morgan fingerprint density at radius 3 is 2.42 bits per heavy atom. The molecule has 1 aromatic heterocycles. The molecular formula is C50H57Cl2FN8O6. The van der Waals surface area contributed by atoms with Gasteiger partial charge in [-0.15, -0.1) is 0 Å². The lowest BCUT2D eigenvalue weighted by Gasteiger charge is -2.47. The predicted molar refractivity (Wildman–Crippen MR) is 252 cm³/mol. The number of nitrogens with one attached hydrogen (secondary N) is 4. The summed E-state index contributed by atoms with van der Waals surface area (Å²) in [4.78, 5) is 85.5. The fourth-order valence-corrected chi connectivity index (χ4v) is 13.2. The third-order valence-electron chi connectivity index (χ3n) is 16.2. The van der Waals surface area contributed by atoms with Gasteiger partial charge in [-0.05, 0) is 105 Å². The van der Waals surface area contributed by atoms with E-state index in [0.717, 1.165) is 49.9 Å². The summed E-state index contributed by atoms with van der Waals surface area (Å²) in [5, 5.41) is 12.8. The molecule has 3 aromatic carbocycles. The Hall–Kier alpha value is -5.09. The van der Waals surface area contributed by atoms with Gasteiger partial charge in [0.2, 0.25) is 29.5 Å². The lowest BCUT2D eigenvalue weighted by Crippen LogP contribution is -2.60. The summed E-state index contributed by atoms with van der Waals surface area (Å²) in [7, 11) is 1.70. The predicted octanol–water partition coefficient (Wildman–Crippen LogP) is 5.86. The molecule has 3 saturated heterocycles. The van der Waals surface area contributed by atoms with Crippen molar-refractivity contribution in [3.8, 4) is 0 Å². The average Bonchev–Trinajstić information content (AvgIpc) is 3.87. The van der Waals surface area contributed by atoms with Crippen LogP contribution in [0.3, 0.4) is 0 Å². The molecule has 5 amide bonds. The summed E-state index contributed by atoms with van der Waals surface area (Å²) >= 11 is 12.9. The first kappa shape index (κ1) is 45.7. The molecule has 1 unspecified atom stereocenters. The Morgan fingerprint density at radius 2 is 1.67 bits per heavy atom. The van der Waals surface area contributed by atoms with E-state index >= 15 is 4.39 Å². The SMILES string of the molecule is C[C@H]1CN(C(=O)C2CCC(NC(=O)[C@@H]3NC4(CCCCC4)[C@@]4(C(=O)Nc5cc(Cl)ccc54)[C@H]3c3cccc(Cl)c3F)CC2)CCN1CCc1ccc2c(c1)n(C)c(=O)n2C1CCC(=O)NC1=O. The molecule has 0 bridgehead atoms. The Kier molecular flexibility index (Phi) is 12.1. The van der Waals surface area contributed by atoms with Gasteiger partial charge < -0.3 is 15.5 Å². The zero-order valence-corrected chi connectivity index (χ0v) is 39.4. The van der Waals surface area contributed by atoms with Crippen LogP contribution in [0.4, 0.5) is 10.1 Å². The van der Waals surface area contributed by atoms with Gasteiger partial charge in [0.15, 0.2) is 0 Å².